The third-order valence-electron chi connectivity index (χ3n) is 6.04. The normalized spacial score (nSPS) is 12.0. The smallest absolute Gasteiger partial charge is 0.303 e. The highest BCUT2D eigenvalue weighted by Crippen LogP contribution is 2.14. The van der Waals surface area contributed by atoms with Gasteiger partial charge in [-0.05, 0) is 44.9 Å². The minimum absolute atomic E-state index is 0.224. The molecule has 0 rings (SSSR count). The summed E-state index contributed by atoms with van der Waals surface area (Å²) in [4.78, 5) is 10.4. The molecular formula is C30H54O2. The van der Waals surface area contributed by atoms with E-state index in [1.807, 2.05) is 12.2 Å². The summed E-state index contributed by atoms with van der Waals surface area (Å²) in [5, 5.41) is 8.55. The Balaban J connectivity index is 3.15. The number of hydrogen-bond acceptors (Lipinski definition) is 1. The molecule has 0 radical (unpaired) electrons. The SMILES string of the molecule is CCCCCC/C=C/CCCCCCCCCCCCCCC/C=C/C=C/CCC(=O)O. The first-order chi connectivity index (χ1) is 15.8. The zero-order valence-corrected chi connectivity index (χ0v) is 21.4. The number of carbonyl (C=O) groups is 1. The maximum absolute atomic E-state index is 10.4. The fraction of sp³-hybridized carbons (Fsp3) is 0.767. The zero-order chi connectivity index (χ0) is 23.4. The van der Waals surface area contributed by atoms with Crippen LogP contribution in [0.2, 0.25) is 0 Å². The lowest BCUT2D eigenvalue weighted by Gasteiger charge is -2.03. The molecule has 186 valence electrons. The van der Waals surface area contributed by atoms with E-state index in [-0.39, 0.29) is 6.42 Å². The third-order valence-corrected chi connectivity index (χ3v) is 6.04. The number of hydrogen-bond donors (Lipinski definition) is 1. The molecule has 0 atom stereocenters. The fourth-order valence-electron chi connectivity index (χ4n) is 3.95. The van der Waals surface area contributed by atoms with Crippen molar-refractivity contribution in [3.05, 3.63) is 36.5 Å². The molecule has 0 fully saturated rings. The van der Waals surface area contributed by atoms with Crippen LogP contribution in [0.3, 0.4) is 0 Å². The maximum Gasteiger partial charge on any atom is 0.303 e. The highest BCUT2D eigenvalue weighted by atomic mass is 16.4. The Morgan fingerprint density at radius 2 is 0.844 bits per heavy atom. The molecular weight excluding hydrogens is 392 g/mol. The molecule has 0 aromatic carbocycles. The zero-order valence-electron chi connectivity index (χ0n) is 21.4. The summed E-state index contributed by atoms with van der Waals surface area (Å²) in [6.45, 7) is 2.28. The highest BCUT2D eigenvalue weighted by Gasteiger charge is 1.94. The Hall–Kier alpha value is -1.31. The van der Waals surface area contributed by atoms with Gasteiger partial charge in [0.15, 0.2) is 0 Å². The average Bonchev–Trinajstić information content (AvgIpc) is 2.78. The van der Waals surface area contributed by atoms with Crippen LogP contribution in [0.5, 0.6) is 0 Å². The van der Waals surface area contributed by atoms with Crippen LogP contribution in [0, 0.1) is 0 Å². The van der Waals surface area contributed by atoms with Gasteiger partial charge in [0.2, 0.25) is 0 Å². The molecule has 0 aliphatic heterocycles. The standard InChI is InChI=1S/C30H54O2/c1-2-3-4-5-6-7-8-9-10-11-12-13-14-15-16-17-18-19-20-21-22-23-24-25-26-27-28-29-30(31)32/h7-8,24-27H,2-6,9-23,28-29H2,1H3,(H,31,32)/b8-7+,25-24+,27-26+. The van der Waals surface area contributed by atoms with Crippen molar-refractivity contribution >= 4 is 5.97 Å². The van der Waals surface area contributed by atoms with Gasteiger partial charge in [-0.3, -0.25) is 4.79 Å². The molecule has 0 saturated carbocycles. The summed E-state index contributed by atoms with van der Waals surface area (Å²) in [6.07, 6.45) is 41.2. The van der Waals surface area contributed by atoms with Crippen molar-refractivity contribution < 1.29 is 9.90 Å². The molecule has 1 N–H and O–H groups in total. The molecule has 0 heterocycles. The van der Waals surface area contributed by atoms with E-state index in [1.165, 1.54) is 122 Å². The Labute approximate surface area is 200 Å². The average molecular weight is 447 g/mol. The molecule has 0 saturated heterocycles. The first kappa shape index (κ1) is 30.7. The van der Waals surface area contributed by atoms with Crippen molar-refractivity contribution in [1.82, 2.24) is 0 Å². The quantitative estimate of drug-likeness (QED) is 0.0860. The van der Waals surface area contributed by atoms with E-state index in [4.69, 9.17) is 5.11 Å². The number of rotatable bonds is 25. The predicted octanol–water partition coefficient (Wildman–Crippen LogP) is 10.3. The number of allylic oxidation sites excluding steroid dienone is 6. The Morgan fingerprint density at radius 3 is 1.25 bits per heavy atom. The van der Waals surface area contributed by atoms with Crippen molar-refractivity contribution in [1.29, 1.82) is 0 Å². The van der Waals surface area contributed by atoms with Crippen LogP contribution in [0.15, 0.2) is 36.5 Å². The summed E-state index contributed by atoms with van der Waals surface area (Å²) in [6, 6.07) is 0. The summed E-state index contributed by atoms with van der Waals surface area (Å²) < 4.78 is 0. The van der Waals surface area contributed by atoms with Crippen LogP contribution < -0.4 is 0 Å². The van der Waals surface area contributed by atoms with Crippen LogP contribution in [0.25, 0.3) is 0 Å². The van der Waals surface area contributed by atoms with Gasteiger partial charge in [0.1, 0.15) is 0 Å². The van der Waals surface area contributed by atoms with Crippen molar-refractivity contribution in [2.75, 3.05) is 0 Å². The second-order valence-corrected chi connectivity index (χ2v) is 9.28. The van der Waals surface area contributed by atoms with Gasteiger partial charge >= 0.3 is 5.97 Å². The summed E-state index contributed by atoms with van der Waals surface area (Å²) in [5.74, 6) is -0.726. The van der Waals surface area contributed by atoms with E-state index in [0.717, 1.165) is 6.42 Å². The van der Waals surface area contributed by atoms with E-state index < -0.39 is 5.97 Å². The third kappa shape index (κ3) is 28.7. The topological polar surface area (TPSA) is 37.3 Å². The Bertz CT molecular complexity index is 461. The molecule has 2 heteroatoms. The number of carboxylic acid groups (broad SMARTS) is 1. The number of aliphatic carboxylic acids is 1. The Kier molecular flexibility index (Phi) is 26.6. The lowest BCUT2D eigenvalue weighted by Crippen LogP contribution is -1.91. The predicted molar refractivity (Wildman–Crippen MR) is 142 cm³/mol. The maximum atomic E-state index is 10.4. The first-order valence-electron chi connectivity index (χ1n) is 14.0. The van der Waals surface area contributed by atoms with Crippen molar-refractivity contribution in [3.8, 4) is 0 Å². The van der Waals surface area contributed by atoms with Crippen molar-refractivity contribution in [3.63, 3.8) is 0 Å². The molecule has 2 nitrogen and oxygen atoms in total. The Morgan fingerprint density at radius 1 is 0.500 bits per heavy atom. The van der Waals surface area contributed by atoms with Gasteiger partial charge < -0.3 is 5.11 Å². The van der Waals surface area contributed by atoms with Crippen molar-refractivity contribution in [2.45, 2.75) is 148 Å². The first-order valence-corrected chi connectivity index (χ1v) is 14.0. The van der Waals surface area contributed by atoms with Gasteiger partial charge in [-0.15, -0.1) is 0 Å². The molecule has 0 bridgehead atoms. The molecule has 0 spiro atoms. The molecule has 0 amide bonds. The van der Waals surface area contributed by atoms with Gasteiger partial charge in [0.05, 0.1) is 0 Å². The van der Waals surface area contributed by atoms with Gasteiger partial charge in [-0.25, -0.2) is 0 Å². The molecule has 0 aromatic heterocycles. The lowest BCUT2D eigenvalue weighted by atomic mass is 10.0. The summed E-state index contributed by atoms with van der Waals surface area (Å²) in [5.41, 5.74) is 0. The second-order valence-electron chi connectivity index (χ2n) is 9.28. The fourth-order valence-corrected chi connectivity index (χ4v) is 3.95. The van der Waals surface area contributed by atoms with E-state index in [9.17, 15) is 4.79 Å². The van der Waals surface area contributed by atoms with Crippen LogP contribution >= 0.6 is 0 Å². The van der Waals surface area contributed by atoms with Crippen molar-refractivity contribution in [2.24, 2.45) is 0 Å². The van der Waals surface area contributed by atoms with Crippen LogP contribution in [-0.4, -0.2) is 11.1 Å². The highest BCUT2D eigenvalue weighted by molar-refractivity contribution is 5.66. The summed E-state index contributed by atoms with van der Waals surface area (Å²) in [7, 11) is 0. The second kappa shape index (κ2) is 27.7. The summed E-state index contributed by atoms with van der Waals surface area (Å²) >= 11 is 0. The molecule has 32 heavy (non-hydrogen) atoms. The lowest BCUT2D eigenvalue weighted by molar-refractivity contribution is -0.136. The molecule has 0 aromatic rings. The van der Waals surface area contributed by atoms with E-state index >= 15 is 0 Å². The van der Waals surface area contributed by atoms with E-state index in [1.54, 1.807) is 0 Å². The van der Waals surface area contributed by atoms with Gasteiger partial charge in [0, 0.05) is 6.42 Å². The largest absolute Gasteiger partial charge is 0.481 e. The van der Waals surface area contributed by atoms with Crippen LogP contribution in [0.1, 0.15) is 148 Å². The molecule has 0 unspecified atom stereocenters. The van der Waals surface area contributed by atoms with Gasteiger partial charge in [0.25, 0.3) is 0 Å². The van der Waals surface area contributed by atoms with E-state index in [0.29, 0.717) is 6.42 Å². The number of unbranched alkanes of at least 4 members (excludes halogenated alkanes) is 18. The van der Waals surface area contributed by atoms with Gasteiger partial charge in [-0.1, -0.05) is 133 Å². The van der Waals surface area contributed by atoms with Crippen LogP contribution in [-0.2, 0) is 4.79 Å². The van der Waals surface area contributed by atoms with Crippen LogP contribution in [0.4, 0.5) is 0 Å². The minimum Gasteiger partial charge on any atom is -0.481 e. The molecule has 0 aliphatic carbocycles. The minimum atomic E-state index is -0.726. The monoisotopic (exact) mass is 446 g/mol. The van der Waals surface area contributed by atoms with Gasteiger partial charge in [-0.2, -0.15) is 0 Å². The molecule has 0 aliphatic rings. The number of carboxylic acids is 1. The van der Waals surface area contributed by atoms with E-state index in [2.05, 4.69) is 31.2 Å².